The standard InChI is InChI=1S/C21H36N4O2.HI/c1-5-22-21(23-15-17-8-9-17)24-16-18-10-11-19(20(14-18)26-4)27-13-12-25(6-2)7-3;/h10-11,14,17H,5-9,12-13,15-16H2,1-4H3,(H2,22,23,24);1H. The molecule has 0 aromatic heterocycles. The number of hydrogen-bond donors (Lipinski definition) is 2. The maximum atomic E-state index is 5.93. The highest BCUT2D eigenvalue weighted by Gasteiger charge is 2.21. The Labute approximate surface area is 187 Å². The second-order valence-corrected chi connectivity index (χ2v) is 6.88. The monoisotopic (exact) mass is 504 g/mol. The predicted molar refractivity (Wildman–Crippen MR) is 127 cm³/mol. The van der Waals surface area contributed by atoms with Gasteiger partial charge in [-0.3, -0.25) is 0 Å². The Balaban J connectivity index is 0.00000392. The minimum atomic E-state index is 0. The van der Waals surface area contributed by atoms with Crippen LogP contribution in [0.5, 0.6) is 11.5 Å². The van der Waals surface area contributed by atoms with Crippen molar-refractivity contribution in [3.63, 3.8) is 0 Å². The third-order valence-corrected chi connectivity index (χ3v) is 4.81. The molecule has 28 heavy (non-hydrogen) atoms. The summed E-state index contributed by atoms with van der Waals surface area (Å²) in [6.07, 6.45) is 2.67. The molecule has 0 radical (unpaired) electrons. The molecule has 2 N–H and O–H groups in total. The van der Waals surface area contributed by atoms with Crippen molar-refractivity contribution in [3.05, 3.63) is 23.8 Å². The van der Waals surface area contributed by atoms with Gasteiger partial charge in [-0.15, -0.1) is 24.0 Å². The van der Waals surface area contributed by atoms with Crippen molar-refractivity contribution in [3.8, 4) is 11.5 Å². The Morgan fingerprint density at radius 1 is 1.14 bits per heavy atom. The molecular weight excluding hydrogens is 467 g/mol. The molecule has 1 aliphatic rings. The highest BCUT2D eigenvalue weighted by atomic mass is 127. The Morgan fingerprint density at radius 3 is 2.50 bits per heavy atom. The van der Waals surface area contributed by atoms with Gasteiger partial charge in [0.1, 0.15) is 6.61 Å². The zero-order chi connectivity index (χ0) is 19.5. The maximum absolute atomic E-state index is 5.93. The van der Waals surface area contributed by atoms with Crippen molar-refractivity contribution in [1.29, 1.82) is 0 Å². The molecule has 7 heteroatoms. The number of methoxy groups -OCH3 is 1. The van der Waals surface area contributed by atoms with Gasteiger partial charge in [0, 0.05) is 19.6 Å². The van der Waals surface area contributed by atoms with Gasteiger partial charge in [-0.05, 0) is 56.5 Å². The number of guanidine groups is 1. The average molecular weight is 504 g/mol. The van der Waals surface area contributed by atoms with E-state index in [0.717, 1.165) is 61.7 Å². The SMILES string of the molecule is CCNC(=NCc1ccc(OCCN(CC)CC)c(OC)c1)NCC1CC1.I. The molecule has 1 aromatic carbocycles. The van der Waals surface area contributed by atoms with Gasteiger partial charge in [-0.25, -0.2) is 4.99 Å². The average Bonchev–Trinajstić information content (AvgIpc) is 3.52. The molecule has 6 nitrogen and oxygen atoms in total. The zero-order valence-corrected chi connectivity index (χ0v) is 20.1. The van der Waals surface area contributed by atoms with Crippen molar-refractivity contribution in [1.82, 2.24) is 15.5 Å². The van der Waals surface area contributed by atoms with E-state index in [1.165, 1.54) is 12.8 Å². The highest BCUT2D eigenvalue weighted by molar-refractivity contribution is 14.0. The highest BCUT2D eigenvalue weighted by Crippen LogP contribution is 2.29. The van der Waals surface area contributed by atoms with E-state index < -0.39 is 0 Å². The first-order valence-electron chi connectivity index (χ1n) is 10.2. The maximum Gasteiger partial charge on any atom is 0.191 e. The molecule has 0 aliphatic heterocycles. The molecule has 0 heterocycles. The number of hydrogen-bond acceptors (Lipinski definition) is 4. The predicted octanol–water partition coefficient (Wildman–Crippen LogP) is 3.50. The molecule has 0 bridgehead atoms. The fraction of sp³-hybridized carbons (Fsp3) is 0.667. The number of rotatable bonds is 12. The summed E-state index contributed by atoms with van der Waals surface area (Å²) >= 11 is 0. The van der Waals surface area contributed by atoms with Crippen LogP contribution in [0.15, 0.2) is 23.2 Å². The Morgan fingerprint density at radius 2 is 1.89 bits per heavy atom. The van der Waals surface area contributed by atoms with Crippen molar-refractivity contribution in [2.24, 2.45) is 10.9 Å². The van der Waals surface area contributed by atoms with Gasteiger partial charge in [0.2, 0.25) is 0 Å². The molecule has 2 rings (SSSR count). The number of halogens is 1. The van der Waals surface area contributed by atoms with Gasteiger partial charge in [0.25, 0.3) is 0 Å². The molecule has 0 unspecified atom stereocenters. The molecule has 1 aliphatic carbocycles. The first kappa shape index (κ1) is 24.8. The minimum absolute atomic E-state index is 0. The molecule has 1 fully saturated rings. The molecule has 0 atom stereocenters. The largest absolute Gasteiger partial charge is 0.493 e. The van der Waals surface area contributed by atoms with Crippen LogP contribution in [0.4, 0.5) is 0 Å². The van der Waals surface area contributed by atoms with Gasteiger partial charge in [0.05, 0.1) is 13.7 Å². The lowest BCUT2D eigenvalue weighted by molar-refractivity contribution is 0.217. The van der Waals surface area contributed by atoms with Crippen molar-refractivity contribution < 1.29 is 9.47 Å². The Kier molecular flexibility index (Phi) is 12.3. The van der Waals surface area contributed by atoms with Crippen LogP contribution in [-0.2, 0) is 6.54 Å². The fourth-order valence-electron chi connectivity index (χ4n) is 2.83. The Bertz CT molecular complexity index is 590. The normalized spacial score (nSPS) is 13.8. The quantitative estimate of drug-likeness (QED) is 0.259. The number of aliphatic imine (C=N–C) groups is 1. The van der Waals surface area contributed by atoms with E-state index >= 15 is 0 Å². The van der Waals surface area contributed by atoms with Gasteiger partial charge in [-0.1, -0.05) is 19.9 Å². The molecule has 160 valence electrons. The van der Waals surface area contributed by atoms with Crippen molar-refractivity contribution in [2.45, 2.75) is 40.2 Å². The van der Waals surface area contributed by atoms with Crippen molar-refractivity contribution in [2.75, 3.05) is 46.4 Å². The van der Waals surface area contributed by atoms with Gasteiger partial charge < -0.3 is 25.0 Å². The lowest BCUT2D eigenvalue weighted by Gasteiger charge is -2.19. The van der Waals surface area contributed by atoms with Crippen LogP contribution in [0, 0.1) is 5.92 Å². The minimum Gasteiger partial charge on any atom is -0.493 e. The lowest BCUT2D eigenvalue weighted by Crippen LogP contribution is -2.38. The fourth-order valence-corrected chi connectivity index (χ4v) is 2.83. The first-order valence-corrected chi connectivity index (χ1v) is 10.2. The van der Waals surface area contributed by atoms with E-state index in [0.29, 0.717) is 13.2 Å². The summed E-state index contributed by atoms with van der Waals surface area (Å²) in [4.78, 5) is 7.03. The molecule has 0 spiro atoms. The smallest absolute Gasteiger partial charge is 0.191 e. The van der Waals surface area contributed by atoms with Gasteiger partial charge >= 0.3 is 0 Å². The lowest BCUT2D eigenvalue weighted by atomic mass is 10.2. The third kappa shape index (κ3) is 8.86. The van der Waals surface area contributed by atoms with Crippen molar-refractivity contribution >= 4 is 29.9 Å². The van der Waals surface area contributed by atoms with E-state index in [1.54, 1.807) is 7.11 Å². The second kappa shape index (κ2) is 13.9. The summed E-state index contributed by atoms with van der Waals surface area (Å²) < 4.78 is 11.4. The summed E-state index contributed by atoms with van der Waals surface area (Å²) in [7, 11) is 1.68. The Hall–Kier alpha value is -1.22. The van der Waals surface area contributed by atoms with Crippen LogP contribution in [0.25, 0.3) is 0 Å². The molecule has 0 amide bonds. The van der Waals surface area contributed by atoms with Crippen LogP contribution in [0.2, 0.25) is 0 Å². The number of ether oxygens (including phenoxy) is 2. The van der Waals surface area contributed by atoms with Crippen LogP contribution in [0.1, 0.15) is 39.2 Å². The van der Waals surface area contributed by atoms with Gasteiger partial charge in [0.15, 0.2) is 17.5 Å². The summed E-state index contributed by atoms with van der Waals surface area (Å²) in [6, 6.07) is 6.06. The number of benzene rings is 1. The number of likely N-dealkylation sites (N-methyl/N-ethyl adjacent to an activating group) is 1. The summed E-state index contributed by atoms with van der Waals surface area (Å²) in [5.41, 5.74) is 1.10. The van der Waals surface area contributed by atoms with Gasteiger partial charge in [-0.2, -0.15) is 0 Å². The van der Waals surface area contributed by atoms with Crippen LogP contribution in [0.3, 0.4) is 0 Å². The van der Waals surface area contributed by atoms with E-state index in [4.69, 9.17) is 9.47 Å². The third-order valence-electron chi connectivity index (χ3n) is 4.81. The van der Waals surface area contributed by atoms with Crippen LogP contribution >= 0.6 is 24.0 Å². The van der Waals surface area contributed by atoms with E-state index in [-0.39, 0.29) is 24.0 Å². The summed E-state index contributed by atoms with van der Waals surface area (Å²) in [5.74, 6) is 3.25. The summed E-state index contributed by atoms with van der Waals surface area (Å²) in [6.45, 7) is 12.5. The van der Waals surface area contributed by atoms with E-state index in [2.05, 4.69) is 47.4 Å². The van der Waals surface area contributed by atoms with E-state index in [9.17, 15) is 0 Å². The van der Waals surface area contributed by atoms with Crippen LogP contribution in [-0.4, -0.2) is 57.3 Å². The summed E-state index contributed by atoms with van der Waals surface area (Å²) in [5, 5.41) is 6.72. The molecule has 1 aromatic rings. The number of nitrogens with one attached hydrogen (secondary N) is 2. The first-order chi connectivity index (χ1) is 13.2. The topological polar surface area (TPSA) is 58.1 Å². The molecule has 0 saturated heterocycles. The zero-order valence-electron chi connectivity index (χ0n) is 17.8. The second-order valence-electron chi connectivity index (χ2n) is 6.88. The van der Waals surface area contributed by atoms with Crippen LogP contribution < -0.4 is 20.1 Å². The number of nitrogens with zero attached hydrogens (tertiary/aromatic N) is 2. The molecular formula is C21H37IN4O2. The molecule has 1 saturated carbocycles. The van der Waals surface area contributed by atoms with E-state index in [1.807, 2.05) is 12.1 Å².